The van der Waals surface area contributed by atoms with Crippen LogP contribution in [-0.2, 0) is 9.63 Å². The van der Waals surface area contributed by atoms with Crippen LogP contribution in [-0.4, -0.2) is 36.9 Å². The molecule has 0 bridgehead atoms. The standard InChI is InChI=1S/C17H18N2O2S.C6H6/c1-19(2)15(22-3)12-8-7-11-14-16(18-21-17(14)20)13-9-5-4-6-10-13;1-2-4-6-5-3-1/h4-12H,1-3H3;1-6H/b8-7+,14-11+,15-12-;. The lowest BCUT2D eigenvalue weighted by molar-refractivity contribution is -0.136. The molecule has 2 aromatic carbocycles. The molecule has 28 heavy (non-hydrogen) atoms. The molecule has 0 atom stereocenters. The summed E-state index contributed by atoms with van der Waals surface area (Å²) in [4.78, 5) is 18.6. The highest BCUT2D eigenvalue weighted by Crippen LogP contribution is 2.18. The van der Waals surface area contributed by atoms with E-state index in [0.717, 1.165) is 10.6 Å². The highest BCUT2D eigenvalue weighted by Gasteiger charge is 2.25. The molecule has 0 aromatic heterocycles. The number of rotatable bonds is 5. The van der Waals surface area contributed by atoms with Crippen LogP contribution in [0, 0.1) is 0 Å². The molecule has 3 rings (SSSR count). The van der Waals surface area contributed by atoms with E-state index >= 15 is 0 Å². The summed E-state index contributed by atoms with van der Waals surface area (Å²) in [6.07, 6.45) is 9.45. The third kappa shape index (κ3) is 6.59. The summed E-state index contributed by atoms with van der Waals surface area (Å²) in [7, 11) is 3.98. The van der Waals surface area contributed by atoms with E-state index in [9.17, 15) is 4.79 Å². The second-order valence-corrected chi connectivity index (χ2v) is 6.73. The van der Waals surface area contributed by atoms with Crippen molar-refractivity contribution in [1.82, 2.24) is 4.90 Å². The zero-order valence-electron chi connectivity index (χ0n) is 16.3. The Bertz CT molecular complexity index is 843. The number of thioether (sulfide) groups is 1. The minimum atomic E-state index is -0.426. The molecule has 0 radical (unpaired) electrons. The van der Waals surface area contributed by atoms with E-state index in [1.165, 1.54) is 0 Å². The molecule has 1 heterocycles. The molecular weight excluding hydrogens is 368 g/mol. The van der Waals surface area contributed by atoms with Gasteiger partial charge in [-0.25, -0.2) is 4.79 Å². The van der Waals surface area contributed by atoms with Crippen molar-refractivity contribution in [2.24, 2.45) is 5.16 Å². The van der Waals surface area contributed by atoms with Crippen LogP contribution in [0.3, 0.4) is 0 Å². The van der Waals surface area contributed by atoms with Gasteiger partial charge in [0.2, 0.25) is 0 Å². The second kappa shape index (κ2) is 11.6. The monoisotopic (exact) mass is 392 g/mol. The molecular formula is C23H24N2O2S. The summed E-state index contributed by atoms with van der Waals surface area (Å²) in [5, 5.41) is 4.99. The van der Waals surface area contributed by atoms with Gasteiger partial charge in [-0.15, -0.1) is 11.8 Å². The van der Waals surface area contributed by atoms with Crippen molar-refractivity contribution in [3.63, 3.8) is 0 Å². The van der Waals surface area contributed by atoms with Gasteiger partial charge in [0.05, 0.1) is 10.6 Å². The van der Waals surface area contributed by atoms with Gasteiger partial charge in [-0.05, 0) is 18.4 Å². The highest BCUT2D eigenvalue weighted by atomic mass is 32.2. The molecule has 0 spiro atoms. The van der Waals surface area contributed by atoms with Gasteiger partial charge in [-0.3, -0.25) is 0 Å². The number of hydrogen-bond acceptors (Lipinski definition) is 5. The smallest absolute Gasteiger partial charge is 0.368 e. The molecule has 0 N–H and O–H groups in total. The summed E-state index contributed by atoms with van der Waals surface area (Å²) in [5.74, 6) is -0.426. The van der Waals surface area contributed by atoms with E-state index in [4.69, 9.17) is 4.84 Å². The van der Waals surface area contributed by atoms with Crippen LogP contribution >= 0.6 is 11.8 Å². The maximum atomic E-state index is 11.8. The molecule has 4 nitrogen and oxygen atoms in total. The van der Waals surface area contributed by atoms with Crippen LogP contribution < -0.4 is 0 Å². The van der Waals surface area contributed by atoms with Crippen LogP contribution in [0.2, 0.25) is 0 Å². The Labute approximate surface area is 170 Å². The van der Waals surface area contributed by atoms with Crippen molar-refractivity contribution >= 4 is 23.4 Å². The number of benzene rings is 2. The van der Waals surface area contributed by atoms with Gasteiger partial charge in [0.15, 0.2) is 0 Å². The lowest BCUT2D eigenvalue weighted by Crippen LogP contribution is -2.07. The van der Waals surface area contributed by atoms with E-state index in [1.54, 1.807) is 17.8 Å². The Kier molecular flexibility index (Phi) is 8.82. The Morgan fingerprint density at radius 3 is 2.07 bits per heavy atom. The number of carbonyl (C=O) groups excluding carboxylic acids is 1. The first kappa shape index (κ1) is 21.3. The van der Waals surface area contributed by atoms with Gasteiger partial charge in [-0.1, -0.05) is 84.0 Å². The van der Waals surface area contributed by atoms with Gasteiger partial charge in [-0.2, -0.15) is 0 Å². The SMILES string of the molecule is CS\C(=C/C=C/C=C1/C(=O)ON=C1c1ccccc1)N(C)C.c1ccccc1. The van der Waals surface area contributed by atoms with Gasteiger partial charge in [0.1, 0.15) is 5.71 Å². The fourth-order valence-electron chi connectivity index (χ4n) is 2.31. The molecule has 0 unspecified atom stereocenters. The van der Waals surface area contributed by atoms with Crippen molar-refractivity contribution in [1.29, 1.82) is 0 Å². The lowest BCUT2D eigenvalue weighted by atomic mass is 10.0. The quantitative estimate of drug-likeness (QED) is 0.413. The first-order valence-corrected chi connectivity index (χ1v) is 10.0. The molecule has 1 aliphatic heterocycles. The Balaban J connectivity index is 0.000000397. The largest absolute Gasteiger partial charge is 0.373 e. The predicted molar refractivity (Wildman–Crippen MR) is 118 cm³/mol. The number of carbonyl (C=O) groups is 1. The van der Waals surface area contributed by atoms with Gasteiger partial charge < -0.3 is 9.74 Å². The third-order valence-corrected chi connectivity index (χ3v) is 4.59. The van der Waals surface area contributed by atoms with Crippen molar-refractivity contribution in [3.8, 4) is 0 Å². The molecule has 2 aromatic rings. The first-order chi connectivity index (χ1) is 13.6. The maximum Gasteiger partial charge on any atom is 0.368 e. The third-order valence-electron chi connectivity index (χ3n) is 3.67. The zero-order chi connectivity index (χ0) is 20.2. The van der Waals surface area contributed by atoms with Crippen molar-refractivity contribution < 1.29 is 9.63 Å². The maximum absolute atomic E-state index is 11.8. The average Bonchev–Trinajstić information content (AvgIpc) is 3.10. The van der Waals surface area contributed by atoms with Gasteiger partial charge in [0.25, 0.3) is 0 Å². The minimum Gasteiger partial charge on any atom is -0.373 e. The molecule has 0 fully saturated rings. The Morgan fingerprint density at radius 1 is 0.964 bits per heavy atom. The van der Waals surface area contributed by atoms with E-state index < -0.39 is 5.97 Å². The zero-order valence-corrected chi connectivity index (χ0v) is 17.1. The minimum absolute atomic E-state index is 0.426. The summed E-state index contributed by atoms with van der Waals surface area (Å²) in [6.45, 7) is 0. The van der Waals surface area contributed by atoms with Crippen LogP contribution in [0.1, 0.15) is 5.56 Å². The molecule has 0 amide bonds. The summed E-state index contributed by atoms with van der Waals surface area (Å²) in [5.41, 5.74) is 1.89. The molecule has 5 heteroatoms. The summed E-state index contributed by atoms with van der Waals surface area (Å²) in [6, 6.07) is 21.5. The molecule has 0 aliphatic carbocycles. The Morgan fingerprint density at radius 2 is 1.54 bits per heavy atom. The van der Waals surface area contributed by atoms with Gasteiger partial charge >= 0.3 is 5.97 Å². The van der Waals surface area contributed by atoms with Crippen molar-refractivity contribution in [3.05, 3.63) is 107 Å². The molecule has 144 valence electrons. The fourth-order valence-corrected chi connectivity index (χ4v) is 2.89. The summed E-state index contributed by atoms with van der Waals surface area (Å²) >= 11 is 1.66. The predicted octanol–water partition coefficient (Wildman–Crippen LogP) is 4.88. The van der Waals surface area contributed by atoms with Gasteiger partial charge in [0, 0.05) is 19.7 Å². The van der Waals surface area contributed by atoms with E-state index in [1.807, 2.05) is 110 Å². The van der Waals surface area contributed by atoms with E-state index in [0.29, 0.717) is 11.3 Å². The van der Waals surface area contributed by atoms with E-state index in [-0.39, 0.29) is 0 Å². The topological polar surface area (TPSA) is 41.9 Å². The van der Waals surface area contributed by atoms with Crippen LogP contribution in [0.5, 0.6) is 0 Å². The number of nitrogens with zero attached hydrogens (tertiary/aromatic N) is 2. The van der Waals surface area contributed by atoms with Crippen molar-refractivity contribution in [2.45, 2.75) is 0 Å². The molecule has 1 aliphatic rings. The summed E-state index contributed by atoms with van der Waals surface area (Å²) < 4.78 is 0. The van der Waals surface area contributed by atoms with Crippen LogP contribution in [0.25, 0.3) is 0 Å². The van der Waals surface area contributed by atoms with E-state index in [2.05, 4.69) is 5.16 Å². The average molecular weight is 393 g/mol. The normalized spacial score (nSPS) is 15.1. The first-order valence-electron chi connectivity index (χ1n) is 8.78. The van der Waals surface area contributed by atoms with Crippen LogP contribution in [0.15, 0.2) is 107 Å². The Hall–Kier alpha value is -3.05. The fraction of sp³-hybridized carbons (Fsp3) is 0.130. The van der Waals surface area contributed by atoms with Crippen molar-refractivity contribution in [2.75, 3.05) is 20.4 Å². The molecule has 0 saturated carbocycles. The number of oxime groups is 1. The highest BCUT2D eigenvalue weighted by molar-refractivity contribution is 8.02. The van der Waals surface area contributed by atoms with Crippen LogP contribution in [0.4, 0.5) is 0 Å². The second-order valence-electron chi connectivity index (χ2n) is 5.91. The number of hydrogen-bond donors (Lipinski definition) is 0. The molecule has 0 saturated heterocycles. The lowest BCUT2D eigenvalue weighted by Gasteiger charge is -2.13. The number of allylic oxidation sites excluding steroid dienone is 4.